The molecule has 3 amide bonds. The molecule has 12 heteroatoms. The van der Waals surface area contributed by atoms with E-state index in [4.69, 9.17) is 18.6 Å². The highest BCUT2D eigenvalue weighted by Gasteiger charge is 2.53. The molecule has 11 nitrogen and oxygen atoms in total. The van der Waals surface area contributed by atoms with Crippen molar-refractivity contribution in [1.29, 1.82) is 0 Å². The van der Waals surface area contributed by atoms with Gasteiger partial charge in [0.05, 0.1) is 19.8 Å². The first-order chi connectivity index (χ1) is 17.1. The van der Waals surface area contributed by atoms with E-state index in [2.05, 4.69) is 31.4 Å². The molecule has 0 aliphatic carbocycles. The first kappa shape index (κ1) is 33.6. The number of methoxy groups -OCH3 is 1. The van der Waals surface area contributed by atoms with Crippen LogP contribution in [0.4, 0.5) is 4.79 Å². The highest BCUT2D eigenvalue weighted by atomic mass is 28.4. The van der Waals surface area contributed by atoms with Gasteiger partial charge in [0.1, 0.15) is 29.1 Å². The number of hydrogen-bond donors (Lipinski definition) is 2. The Morgan fingerprint density at radius 3 is 2.11 bits per heavy atom. The fraction of sp³-hybridized carbons (Fsp3) is 0.769. The summed E-state index contributed by atoms with van der Waals surface area (Å²) in [6, 6.07) is -2.15. The Hall–Kier alpha value is -2.44. The van der Waals surface area contributed by atoms with Crippen LogP contribution >= 0.6 is 0 Å². The van der Waals surface area contributed by atoms with Crippen LogP contribution in [0.1, 0.15) is 69.2 Å². The quantitative estimate of drug-likeness (QED) is 0.263. The van der Waals surface area contributed by atoms with Crippen LogP contribution in [-0.4, -0.2) is 80.3 Å². The molecule has 1 rings (SSSR count). The van der Waals surface area contributed by atoms with Crippen LogP contribution in [0.15, 0.2) is 11.8 Å². The Balaban J connectivity index is 3.09. The van der Waals surface area contributed by atoms with Gasteiger partial charge in [-0.1, -0.05) is 26.8 Å². The monoisotopic (exact) mass is 557 g/mol. The van der Waals surface area contributed by atoms with E-state index in [9.17, 15) is 19.2 Å². The maximum absolute atomic E-state index is 13.4. The second-order valence-electron chi connectivity index (χ2n) is 12.4. The van der Waals surface area contributed by atoms with Crippen molar-refractivity contribution in [2.75, 3.05) is 13.7 Å². The largest absolute Gasteiger partial charge is 0.467 e. The lowest BCUT2D eigenvalue weighted by Crippen LogP contribution is -2.56. The second-order valence-corrected chi connectivity index (χ2v) is 17.2. The third kappa shape index (κ3) is 8.53. The topological polar surface area (TPSA) is 132 Å². The van der Waals surface area contributed by atoms with Crippen LogP contribution in [-0.2, 0) is 33.0 Å². The molecule has 0 aromatic heterocycles. The summed E-state index contributed by atoms with van der Waals surface area (Å²) in [5.74, 6) is -2.01. The lowest BCUT2D eigenvalue weighted by atomic mass is 10.1. The predicted octanol–water partition coefficient (Wildman–Crippen LogP) is 3.45. The Kier molecular flexibility index (Phi) is 10.8. The molecule has 218 valence electrons. The normalized spacial score (nSPS) is 21.0. The number of rotatable bonds is 8. The van der Waals surface area contributed by atoms with Gasteiger partial charge in [0.2, 0.25) is 5.91 Å². The number of allylic oxidation sites excluding steroid dienone is 1. The van der Waals surface area contributed by atoms with Crippen molar-refractivity contribution in [1.82, 2.24) is 15.5 Å². The molecule has 0 saturated carbocycles. The van der Waals surface area contributed by atoms with E-state index in [0.717, 1.165) is 0 Å². The SMILES string of the molecule is C/C=C(\NC(=O)[C@@H]1[C@@H](C)OC(C)(C)N1C(=O)OC(C)(C)C)C(=O)N[C@@H](CO[Si](C)(C)C(C)(C)C)C(=O)OC. The molecule has 0 bridgehead atoms. The molecule has 1 aliphatic heterocycles. The Morgan fingerprint density at radius 2 is 1.66 bits per heavy atom. The van der Waals surface area contributed by atoms with Gasteiger partial charge in [0, 0.05) is 0 Å². The Morgan fingerprint density at radius 1 is 1.11 bits per heavy atom. The predicted molar refractivity (Wildman–Crippen MR) is 145 cm³/mol. The summed E-state index contributed by atoms with van der Waals surface area (Å²) in [6.45, 7) is 21.9. The smallest absolute Gasteiger partial charge is 0.413 e. The van der Waals surface area contributed by atoms with Crippen LogP contribution in [0.5, 0.6) is 0 Å². The molecule has 0 aromatic carbocycles. The molecule has 0 radical (unpaired) electrons. The van der Waals surface area contributed by atoms with E-state index in [1.807, 2.05) is 13.1 Å². The fourth-order valence-electron chi connectivity index (χ4n) is 3.62. The van der Waals surface area contributed by atoms with Crippen LogP contribution in [0.3, 0.4) is 0 Å². The van der Waals surface area contributed by atoms with Crippen molar-refractivity contribution in [3.8, 4) is 0 Å². The number of carbonyl (C=O) groups is 4. The molecule has 3 atom stereocenters. The number of carbonyl (C=O) groups excluding carboxylic acids is 4. The van der Waals surface area contributed by atoms with Crippen LogP contribution in [0.2, 0.25) is 18.1 Å². The van der Waals surface area contributed by atoms with Crippen molar-refractivity contribution in [2.24, 2.45) is 0 Å². The van der Waals surface area contributed by atoms with Gasteiger partial charge in [-0.05, 0) is 66.6 Å². The first-order valence-electron chi connectivity index (χ1n) is 12.8. The van der Waals surface area contributed by atoms with E-state index in [-0.39, 0.29) is 17.3 Å². The highest BCUT2D eigenvalue weighted by Crippen LogP contribution is 2.36. The number of esters is 1. The standard InChI is InChI=1S/C26H47N3O8Si/c1-14-17(20(30)28-18(22(32)34-11)15-35-38(12,13)25(6,7)8)27-21(31)19-16(2)36-26(9,10)29(19)23(33)37-24(3,4)5/h14,16,18-19H,15H2,1-13H3,(H,27,31)(H,28,30)/b17-14-/t16-,18+,19+/m1/s1. The van der Waals surface area contributed by atoms with Gasteiger partial charge in [-0.15, -0.1) is 0 Å². The maximum Gasteiger partial charge on any atom is 0.413 e. The average molecular weight is 558 g/mol. The van der Waals surface area contributed by atoms with Crippen molar-refractivity contribution in [3.63, 3.8) is 0 Å². The molecule has 0 unspecified atom stereocenters. The molecular formula is C26H47N3O8Si. The van der Waals surface area contributed by atoms with Gasteiger partial charge in [-0.25, -0.2) is 9.59 Å². The summed E-state index contributed by atoms with van der Waals surface area (Å²) in [7, 11) is -0.998. The summed E-state index contributed by atoms with van der Waals surface area (Å²) in [5.41, 5.74) is -2.01. The minimum absolute atomic E-state index is 0.0754. The molecule has 1 aliphatic rings. The van der Waals surface area contributed by atoms with Crippen LogP contribution < -0.4 is 10.6 Å². The summed E-state index contributed by atoms with van der Waals surface area (Å²) < 4.78 is 22.4. The number of amides is 3. The van der Waals surface area contributed by atoms with E-state index in [0.29, 0.717) is 0 Å². The van der Waals surface area contributed by atoms with Crippen molar-refractivity contribution in [2.45, 2.75) is 117 Å². The van der Waals surface area contributed by atoms with Crippen molar-refractivity contribution in [3.05, 3.63) is 11.8 Å². The molecular weight excluding hydrogens is 510 g/mol. The first-order valence-corrected chi connectivity index (χ1v) is 15.7. The van der Waals surface area contributed by atoms with Gasteiger partial charge in [0.15, 0.2) is 8.32 Å². The van der Waals surface area contributed by atoms with Crippen LogP contribution in [0.25, 0.3) is 0 Å². The minimum atomic E-state index is -2.22. The number of ether oxygens (including phenoxy) is 3. The van der Waals surface area contributed by atoms with Crippen molar-refractivity contribution >= 4 is 32.2 Å². The molecule has 2 N–H and O–H groups in total. The molecule has 0 spiro atoms. The van der Waals surface area contributed by atoms with Gasteiger partial charge in [-0.2, -0.15) is 0 Å². The van der Waals surface area contributed by atoms with Gasteiger partial charge in [0.25, 0.3) is 5.91 Å². The number of nitrogens with zero attached hydrogens (tertiary/aromatic N) is 1. The summed E-state index contributed by atoms with van der Waals surface area (Å²) in [4.78, 5) is 53.1. The van der Waals surface area contributed by atoms with Crippen molar-refractivity contribution < 1.29 is 37.8 Å². The summed E-state index contributed by atoms with van der Waals surface area (Å²) >= 11 is 0. The zero-order chi connectivity index (χ0) is 29.9. The zero-order valence-electron chi connectivity index (χ0n) is 25.2. The molecule has 1 fully saturated rings. The third-order valence-electron chi connectivity index (χ3n) is 6.64. The lowest BCUT2D eigenvalue weighted by molar-refractivity contribution is -0.145. The van der Waals surface area contributed by atoms with E-state index >= 15 is 0 Å². The van der Waals surface area contributed by atoms with E-state index < -0.39 is 61.7 Å². The summed E-state index contributed by atoms with van der Waals surface area (Å²) in [6.07, 6.45) is 0.00573. The average Bonchev–Trinajstić information content (AvgIpc) is 3.00. The van der Waals surface area contributed by atoms with E-state index in [1.54, 1.807) is 48.5 Å². The number of nitrogens with one attached hydrogen (secondary N) is 2. The lowest BCUT2D eigenvalue weighted by Gasteiger charge is -2.37. The fourth-order valence-corrected chi connectivity index (χ4v) is 4.63. The molecule has 1 saturated heterocycles. The Labute approximate surface area is 228 Å². The summed E-state index contributed by atoms with van der Waals surface area (Å²) in [5, 5.41) is 5.07. The maximum atomic E-state index is 13.4. The molecule has 1 heterocycles. The van der Waals surface area contributed by atoms with E-state index in [1.165, 1.54) is 18.1 Å². The number of hydrogen-bond acceptors (Lipinski definition) is 8. The zero-order valence-corrected chi connectivity index (χ0v) is 26.2. The Bertz CT molecular complexity index is 934. The van der Waals surface area contributed by atoms with Gasteiger partial charge >= 0.3 is 12.1 Å². The third-order valence-corrected chi connectivity index (χ3v) is 11.1. The van der Waals surface area contributed by atoms with Gasteiger partial charge in [-0.3, -0.25) is 14.5 Å². The van der Waals surface area contributed by atoms with Gasteiger partial charge < -0.3 is 29.3 Å². The minimum Gasteiger partial charge on any atom is -0.467 e. The highest BCUT2D eigenvalue weighted by molar-refractivity contribution is 6.74. The molecule has 38 heavy (non-hydrogen) atoms. The van der Waals surface area contributed by atoms with Crippen LogP contribution in [0, 0.1) is 0 Å². The molecule has 0 aromatic rings. The second kappa shape index (κ2) is 12.2.